The van der Waals surface area contributed by atoms with Crippen molar-refractivity contribution in [1.29, 1.82) is 0 Å². The van der Waals surface area contributed by atoms with Gasteiger partial charge in [0, 0.05) is 25.5 Å². The number of benzene rings is 1. The van der Waals surface area contributed by atoms with Crippen molar-refractivity contribution < 1.29 is 27.4 Å². The van der Waals surface area contributed by atoms with Gasteiger partial charge in [-0.3, -0.25) is 0 Å². The van der Waals surface area contributed by atoms with Crippen LogP contribution in [0.25, 0.3) is 0 Å². The second-order valence-corrected chi connectivity index (χ2v) is 7.77. The molecule has 1 saturated heterocycles. The average Bonchev–Trinajstić information content (AvgIpc) is 3.22. The van der Waals surface area contributed by atoms with Crippen LogP contribution < -0.4 is 14.2 Å². The smallest absolute Gasteiger partial charge is 0.244 e. The Morgan fingerprint density at radius 1 is 1.25 bits per heavy atom. The minimum Gasteiger partial charge on any atom is -0.497 e. The molecule has 1 unspecified atom stereocenters. The molecule has 1 N–H and O–H groups in total. The fraction of sp³-hybridized carbons (Fsp3) is 0.625. The van der Waals surface area contributed by atoms with Gasteiger partial charge in [0.2, 0.25) is 10.0 Å². The fourth-order valence-corrected chi connectivity index (χ4v) is 4.39. The van der Waals surface area contributed by atoms with E-state index in [1.807, 2.05) is 0 Å². The van der Waals surface area contributed by atoms with Crippen LogP contribution >= 0.6 is 0 Å². The highest BCUT2D eigenvalue weighted by molar-refractivity contribution is 7.89. The second-order valence-electron chi connectivity index (χ2n) is 6.04. The number of ether oxygens (including phenoxy) is 4. The van der Waals surface area contributed by atoms with E-state index in [1.54, 1.807) is 6.07 Å². The number of rotatable bonds is 6. The fourth-order valence-electron chi connectivity index (χ4n) is 3.17. The summed E-state index contributed by atoms with van der Waals surface area (Å²) in [7, 11) is -0.783. The highest BCUT2D eigenvalue weighted by atomic mass is 32.2. The molecule has 2 fully saturated rings. The SMILES string of the molecule is COc1ccc(S(=O)(=O)NCC2COC3(CCCC3)O2)c(OC)c1. The maximum Gasteiger partial charge on any atom is 0.244 e. The number of methoxy groups -OCH3 is 2. The molecule has 1 aliphatic heterocycles. The highest BCUT2D eigenvalue weighted by Gasteiger charge is 2.43. The van der Waals surface area contributed by atoms with Crippen molar-refractivity contribution in [2.24, 2.45) is 0 Å². The van der Waals surface area contributed by atoms with Crippen LogP contribution in [0.4, 0.5) is 0 Å². The molecule has 0 amide bonds. The molecular weight excluding hydrogens is 334 g/mol. The lowest BCUT2D eigenvalue weighted by Gasteiger charge is -2.22. The normalized spacial score (nSPS) is 22.8. The van der Waals surface area contributed by atoms with Crippen molar-refractivity contribution in [2.75, 3.05) is 27.4 Å². The van der Waals surface area contributed by atoms with Gasteiger partial charge in [-0.2, -0.15) is 0 Å². The topological polar surface area (TPSA) is 83.1 Å². The van der Waals surface area contributed by atoms with Gasteiger partial charge in [0.1, 0.15) is 16.4 Å². The summed E-state index contributed by atoms with van der Waals surface area (Å²) >= 11 is 0. The van der Waals surface area contributed by atoms with Crippen molar-refractivity contribution in [3.05, 3.63) is 18.2 Å². The summed E-state index contributed by atoms with van der Waals surface area (Å²) in [5.41, 5.74) is 0. The van der Waals surface area contributed by atoms with E-state index in [9.17, 15) is 8.42 Å². The Kier molecular flexibility index (Phi) is 5.00. The van der Waals surface area contributed by atoms with E-state index in [1.165, 1.54) is 26.4 Å². The van der Waals surface area contributed by atoms with Gasteiger partial charge in [-0.15, -0.1) is 0 Å². The number of nitrogens with one attached hydrogen (secondary N) is 1. The maximum absolute atomic E-state index is 12.6. The predicted octanol–water partition coefficient (Wildman–Crippen LogP) is 1.67. The van der Waals surface area contributed by atoms with E-state index in [0.29, 0.717) is 12.4 Å². The summed E-state index contributed by atoms with van der Waals surface area (Å²) < 4.78 is 49.6. The van der Waals surface area contributed by atoms with Gasteiger partial charge in [-0.1, -0.05) is 0 Å². The zero-order valence-electron chi connectivity index (χ0n) is 13.9. The first-order valence-electron chi connectivity index (χ1n) is 8.01. The summed E-state index contributed by atoms with van der Waals surface area (Å²) in [6.07, 6.45) is 3.65. The Morgan fingerprint density at radius 2 is 2.00 bits per heavy atom. The second kappa shape index (κ2) is 6.87. The van der Waals surface area contributed by atoms with E-state index < -0.39 is 15.8 Å². The molecule has 1 saturated carbocycles. The molecule has 8 heteroatoms. The van der Waals surface area contributed by atoms with E-state index >= 15 is 0 Å². The first kappa shape index (κ1) is 17.5. The largest absolute Gasteiger partial charge is 0.497 e. The summed E-state index contributed by atoms with van der Waals surface area (Å²) in [5.74, 6) is 0.271. The van der Waals surface area contributed by atoms with Crippen LogP contribution in [0.3, 0.4) is 0 Å². The van der Waals surface area contributed by atoms with E-state index in [0.717, 1.165) is 25.7 Å². The molecule has 1 aromatic carbocycles. The number of hydrogen-bond acceptors (Lipinski definition) is 6. The van der Waals surface area contributed by atoms with Crippen molar-refractivity contribution in [3.8, 4) is 11.5 Å². The van der Waals surface area contributed by atoms with Gasteiger partial charge in [0.15, 0.2) is 5.79 Å². The van der Waals surface area contributed by atoms with Gasteiger partial charge in [0.05, 0.1) is 26.9 Å². The average molecular weight is 357 g/mol. The Balaban J connectivity index is 1.66. The standard InChI is InChI=1S/C16H23NO6S/c1-20-12-5-6-15(14(9-12)21-2)24(18,19)17-10-13-11-22-16(23-13)7-3-4-8-16/h5-6,9,13,17H,3-4,7-8,10-11H2,1-2H3. The van der Waals surface area contributed by atoms with E-state index in [2.05, 4.69) is 4.72 Å². The monoisotopic (exact) mass is 357 g/mol. The van der Waals surface area contributed by atoms with E-state index in [4.69, 9.17) is 18.9 Å². The molecule has 1 aromatic rings. The maximum atomic E-state index is 12.6. The van der Waals surface area contributed by atoms with Crippen molar-refractivity contribution >= 4 is 10.0 Å². The molecule has 134 valence electrons. The van der Waals surface area contributed by atoms with Crippen molar-refractivity contribution in [1.82, 2.24) is 4.72 Å². The number of hydrogen-bond donors (Lipinski definition) is 1. The molecule has 1 aliphatic carbocycles. The van der Waals surface area contributed by atoms with Gasteiger partial charge >= 0.3 is 0 Å². The van der Waals surface area contributed by atoms with Gasteiger partial charge in [0.25, 0.3) is 0 Å². The summed E-state index contributed by atoms with van der Waals surface area (Å²) in [6, 6.07) is 4.58. The van der Waals surface area contributed by atoms with Crippen molar-refractivity contribution in [2.45, 2.75) is 42.5 Å². The molecule has 0 aromatic heterocycles. The summed E-state index contributed by atoms with van der Waals surface area (Å²) in [4.78, 5) is 0.0697. The first-order valence-corrected chi connectivity index (χ1v) is 9.50. The Bertz CT molecular complexity index is 684. The van der Waals surface area contributed by atoms with Crippen LogP contribution in [0, 0.1) is 0 Å². The molecule has 3 rings (SSSR count). The number of sulfonamides is 1. The summed E-state index contributed by atoms with van der Waals surface area (Å²) in [6.45, 7) is 0.571. The van der Waals surface area contributed by atoms with Gasteiger partial charge in [-0.05, 0) is 25.0 Å². The van der Waals surface area contributed by atoms with Crippen molar-refractivity contribution in [3.63, 3.8) is 0 Å². The molecule has 24 heavy (non-hydrogen) atoms. The molecule has 1 atom stereocenters. The molecule has 7 nitrogen and oxygen atoms in total. The third-order valence-corrected chi connectivity index (χ3v) is 5.90. The lowest BCUT2D eigenvalue weighted by Crippen LogP contribution is -2.35. The van der Waals surface area contributed by atoms with Crippen LogP contribution in [0.15, 0.2) is 23.1 Å². The molecule has 0 radical (unpaired) electrons. The minimum atomic E-state index is -3.72. The Morgan fingerprint density at radius 3 is 2.67 bits per heavy atom. The minimum absolute atomic E-state index is 0.0697. The van der Waals surface area contributed by atoms with Crippen LogP contribution in [0.2, 0.25) is 0 Å². The van der Waals surface area contributed by atoms with Gasteiger partial charge in [-0.25, -0.2) is 13.1 Å². The molecule has 1 spiro atoms. The quantitative estimate of drug-likeness (QED) is 0.834. The predicted molar refractivity (Wildman–Crippen MR) is 86.8 cm³/mol. The molecule has 2 aliphatic rings. The van der Waals surface area contributed by atoms with E-state index in [-0.39, 0.29) is 23.3 Å². The lowest BCUT2D eigenvalue weighted by atomic mass is 10.2. The van der Waals surface area contributed by atoms with Crippen LogP contribution in [-0.2, 0) is 19.5 Å². The zero-order chi connectivity index (χ0) is 17.2. The van der Waals surface area contributed by atoms with Crippen LogP contribution in [-0.4, -0.2) is 47.7 Å². The lowest BCUT2D eigenvalue weighted by molar-refractivity contribution is -0.160. The van der Waals surface area contributed by atoms with Crippen LogP contribution in [0.5, 0.6) is 11.5 Å². The summed E-state index contributed by atoms with van der Waals surface area (Å²) in [5, 5.41) is 0. The van der Waals surface area contributed by atoms with Gasteiger partial charge < -0.3 is 18.9 Å². The third kappa shape index (κ3) is 3.51. The third-order valence-electron chi connectivity index (χ3n) is 4.44. The Labute approximate surface area is 142 Å². The molecular formula is C16H23NO6S. The Hall–Kier alpha value is -1.35. The molecule has 1 heterocycles. The van der Waals surface area contributed by atoms with Crippen LogP contribution in [0.1, 0.15) is 25.7 Å². The first-order chi connectivity index (χ1) is 11.5. The molecule has 0 bridgehead atoms. The highest BCUT2D eigenvalue weighted by Crippen LogP contribution is 2.39. The zero-order valence-corrected chi connectivity index (χ0v) is 14.7.